The Balaban J connectivity index is 2.04. The molecule has 1 aliphatic carbocycles. The highest BCUT2D eigenvalue weighted by molar-refractivity contribution is 6.32. The molecule has 0 aromatic carbocycles. The largest absolute Gasteiger partial charge is 0.327 e. The molecule has 18 heavy (non-hydrogen) atoms. The van der Waals surface area contributed by atoms with Crippen molar-refractivity contribution in [3.05, 3.63) is 23.5 Å². The third kappa shape index (κ3) is 3.21. The standard InChI is InChI=1S/C13H18ClN3O/c14-12-11(7-4-8-16-12)17-13(18)9-5-2-1-3-6-10(9)15/h4,7-10H,1-3,5-6,15H2,(H,17,18). The van der Waals surface area contributed by atoms with Crippen molar-refractivity contribution in [3.8, 4) is 0 Å². The number of amides is 1. The molecule has 5 heteroatoms. The Morgan fingerprint density at radius 1 is 1.39 bits per heavy atom. The molecule has 3 N–H and O–H groups in total. The van der Waals surface area contributed by atoms with E-state index in [-0.39, 0.29) is 17.9 Å². The molecule has 0 radical (unpaired) electrons. The van der Waals surface area contributed by atoms with Crippen molar-refractivity contribution in [1.82, 2.24) is 4.98 Å². The first-order valence-electron chi connectivity index (χ1n) is 6.35. The van der Waals surface area contributed by atoms with E-state index in [4.69, 9.17) is 17.3 Å². The molecule has 0 saturated heterocycles. The number of aromatic nitrogens is 1. The lowest BCUT2D eigenvalue weighted by Crippen LogP contribution is -2.37. The molecular weight excluding hydrogens is 250 g/mol. The van der Waals surface area contributed by atoms with Crippen LogP contribution in [0.25, 0.3) is 0 Å². The first-order chi connectivity index (χ1) is 8.68. The molecule has 0 spiro atoms. The van der Waals surface area contributed by atoms with Gasteiger partial charge < -0.3 is 11.1 Å². The average molecular weight is 268 g/mol. The zero-order valence-electron chi connectivity index (χ0n) is 10.2. The third-order valence-electron chi connectivity index (χ3n) is 3.42. The number of hydrogen-bond donors (Lipinski definition) is 2. The summed E-state index contributed by atoms with van der Waals surface area (Å²) in [6, 6.07) is 3.44. The second-order valence-corrected chi connectivity index (χ2v) is 5.10. The van der Waals surface area contributed by atoms with E-state index < -0.39 is 0 Å². The van der Waals surface area contributed by atoms with E-state index >= 15 is 0 Å². The number of nitrogens with zero attached hydrogens (tertiary/aromatic N) is 1. The van der Waals surface area contributed by atoms with E-state index in [0.717, 1.165) is 32.1 Å². The Morgan fingerprint density at radius 2 is 2.17 bits per heavy atom. The summed E-state index contributed by atoms with van der Waals surface area (Å²) in [6.07, 6.45) is 6.69. The number of carbonyl (C=O) groups excluding carboxylic acids is 1. The first kappa shape index (κ1) is 13.3. The fraction of sp³-hybridized carbons (Fsp3) is 0.538. The van der Waals surface area contributed by atoms with Crippen LogP contribution in [-0.2, 0) is 4.79 Å². The predicted molar refractivity (Wildman–Crippen MR) is 72.4 cm³/mol. The van der Waals surface area contributed by atoms with E-state index in [9.17, 15) is 4.79 Å². The smallest absolute Gasteiger partial charge is 0.229 e. The van der Waals surface area contributed by atoms with Gasteiger partial charge in [0.05, 0.1) is 11.6 Å². The zero-order chi connectivity index (χ0) is 13.0. The van der Waals surface area contributed by atoms with Gasteiger partial charge in [-0.15, -0.1) is 0 Å². The van der Waals surface area contributed by atoms with Crippen LogP contribution in [0, 0.1) is 5.92 Å². The molecule has 0 bridgehead atoms. The molecule has 1 aliphatic rings. The molecule has 98 valence electrons. The molecule has 1 heterocycles. The molecule has 1 saturated carbocycles. The molecule has 2 unspecified atom stereocenters. The topological polar surface area (TPSA) is 68.0 Å². The van der Waals surface area contributed by atoms with Crippen LogP contribution in [-0.4, -0.2) is 16.9 Å². The van der Waals surface area contributed by atoms with Crippen LogP contribution in [0.4, 0.5) is 5.69 Å². The SMILES string of the molecule is NC1CCCCCC1C(=O)Nc1cccnc1Cl. The van der Waals surface area contributed by atoms with Crippen molar-refractivity contribution in [2.24, 2.45) is 11.7 Å². The average Bonchev–Trinajstić information content (AvgIpc) is 2.57. The van der Waals surface area contributed by atoms with Gasteiger partial charge >= 0.3 is 0 Å². The second-order valence-electron chi connectivity index (χ2n) is 4.74. The number of pyridine rings is 1. The predicted octanol–water partition coefficient (Wildman–Crippen LogP) is 2.58. The van der Waals surface area contributed by atoms with Crippen LogP contribution in [0.2, 0.25) is 5.15 Å². The summed E-state index contributed by atoms with van der Waals surface area (Å²) in [5.41, 5.74) is 6.62. The van der Waals surface area contributed by atoms with Gasteiger partial charge in [-0.05, 0) is 25.0 Å². The first-order valence-corrected chi connectivity index (χ1v) is 6.73. The minimum Gasteiger partial charge on any atom is -0.327 e. The fourth-order valence-electron chi connectivity index (χ4n) is 2.37. The lowest BCUT2D eigenvalue weighted by atomic mass is 9.94. The summed E-state index contributed by atoms with van der Waals surface area (Å²) in [4.78, 5) is 16.1. The van der Waals surface area contributed by atoms with E-state index in [1.54, 1.807) is 18.3 Å². The molecule has 1 aromatic rings. The second kappa shape index (κ2) is 6.16. The van der Waals surface area contributed by atoms with Gasteiger partial charge in [0, 0.05) is 12.2 Å². The molecule has 2 atom stereocenters. The third-order valence-corrected chi connectivity index (χ3v) is 3.72. The van der Waals surface area contributed by atoms with Crippen molar-refractivity contribution in [2.45, 2.75) is 38.1 Å². The Kier molecular flexibility index (Phi) is 4.55. The normalized spacial score (nSPS) is 24.3. The van der Waals surface area contributed by atoms with Gasteiger partial charge in [-0.2, -0.15) is 0 Å². The molecule has 0 aliphatic heterocycles. The summed E-state index contributed by atoms with van der Waals surface area (Å²) in [5.74, 6) is -0.164. The number of nitrogens with one attached hydrogen (secondary N) is 1. The van der Waals surface area contributed by atoms with Crippen LogP contribution in [0.5, 0.6) is 0 Å². The maximum absolute atomic E-state index is 12.2. The number of anilines is 1. The molecule has 1 amide bonds. The Morgan fingerprint density at radius 3 is 2.94 bits per heavy atom. The number of rotatable bonds is 2. The quantitative estimate of drug-likeness (QED) is 0.639. The van der Waals surface area contributed by atoms with E-state index in [2.05, 4.69) is 10.3 Å². The van der Waals surface area contributed by atoms with Crippen molar-refractivity contribution in [3.63, 3.8) is 0 Å². The summed E-state index contributed by atoms with van der Waals surface area (Å²) in [7, 11) is 0. The summed E-state index contributed by atoms with van der Waals surface area (Å²) < 4.78 is 0. The summed E-state index contributed by atoms with van der Waals surface area (Å²) in [6.45, 7) is 0. The van der Waals surface area contributed by atoms with Gasteiger partial charge in [-0.1, -0.05) is 30.9 Å². The molecular formula is C13H18ClN3O. The van der Waals surface area contributed by atoms with Crippen LogP contribution in [0.3, 0.4) is 0 Å². The van der Waals surface area contributed by atoms with Gasteiger partial charge in [0.25, 0.3) is 0 Å². The lowest BCUT2D eigenvalue weighted by molar-refractivity contribution is -0.120. The fourth-order valence-corrected chi connectivity index (χ4v) is 2.53. The van der Waals surface area contributed by atoms with E-state index in [1.807, 2.05) is 0 Å². The Hall–Kier alpha value is -1.13. The van der Waals surface area contributed by atoms with Gasteiger partial charge in [0.1, 0.15) is 0 Å². The number of halogens is 1. The Labute approximate surface area is 112 Å². The Bertz CT molecular complexity index is 424. The number of nitrogens with two attached hydrogens (primary N) is 1. The summed E-state index contributed by atoms with van der Waals surface area (Å²) >= 11 is 5.92. The van der Waals surface area contributed by atoms with Crippen molar-refractivity contribution < 1.29 is 4.79 Å². The van der Waals surface area contributed by atoms with Crippen LogP contribution in [0.15, 0.2) is 18.3 Å². The van der Waals surface area contributed by atoms with Gasteiger partial charge in [-0.3, -0.25) is 4.79 Å². The molecule has 2 rings (SSSR count). The number of carbonyl (C=O) groups is 1. The van der Waals surface area contributed by atoms with Crippen molar-refractivity contribution in [2.75, 3.05) is 5.32 Å². The minimum absolute atomic E-state index is 0.0423. The molecule has 1 aromatic heterocycles. The van der Waals surface area contributed by atoms with E-state index in [1.165, 1.54) is 0 Å². The van der Waals surface area contributed by atoms with Crippen molar-refractivity contribution in [1.29, 1.82) is 0 Å². The van der Waals surface area contributed by atoms with Crippen LogP contribution in [0.1, 0.15) is 32.1 Å². The van der Waals surface area contributed by atoms with E-state index in [0.29, 0.717) is 10.8 Å². The highest BCUT2D eigenvalue weighted by Crippen LogP contribution is 2.25. The minimum atomic E-state index is -0.122. The highest BCUT2D eigenvalue weighted by atomic mass is 35.5. The monoisotopic (exact) mass is 267 g/mol. The maximum atomic E-state index is 12.2. The zero-order valence-corrected chi connectivity index (χ0v) is 11.0. The van der Waals surface area contributed by atoms with Crippen molar-refractivity contribution >= 4 is 23.2 Å². The summed E-state index contributed by atoms with van der Waals surface area (Å²) in [5, 5.41) is 3.14. The number of hydrogen-bond acceptors (Lipinski definition) is 3. The van der Waals surface area contributed by atoms with Gasteiger partial charge in [-0.25, -0.2) is 4.98 Å². The molecule has 1 fully saturated rings. The van der Waals surface area contributed by atoms with Crippen LogP contribution >= 0.6 is 11.6 Å². The highest BCUT2D eigenvalue weighted by Gasteiger charge is 2.27. The van der Waals surface area contributed by atoms with Crippen LogP contribution < -0.4 is 11.1 Å². The van der Waals surface area contributed by atoms with Gasteiger partial charge in [0.2, 0.25) is 5.91 Å². The lowest BCUT2D eigenvalue weighted by Gasteiger charge is -2.20. The molecule has 4 nitrogen and oxygen atoms in total. The maximum Gasteiger partial charge on any atom is 0.229 e. The van der Waals surface area contributed by atoms with Gasteiger partial charge in [0.15, 0.2) is 5.15 Å².